The van der Waals surface area contributed by atoms with Gasteiger partial charge in [-0.05, 0) is 47.7 Å². The number of piperazine rings is 1. The monoisotopic (exact) mass is 394 g/mol. The Morgan fingerprint density at radius 1 is 1.21 bits per heavy atom. The van der Waals surface area contributed by atoms with Crippen molar-refractivity contribution in [2.24, 2.45) is 0 Å². The van der Waals surface area contributed by atoms with Gasteiger partial charge in [0.05, 0.1) is 12.7 Å². The maximum atomic E-state index is 12.1. The predicted molar refractivity (Wildman–Crippen MR) is 113 cm³/mol. The van der Waals surface area contributed by atoms with E-state index >= 15 is 0 Å². The molecule has 2 aromatic carbocycles. The number of hydrogen-bond donors (Lipinski definition) is 3. The molecule has 1 amide bonds. The Morgan fingerprint density at radius 3 is 2.59 bits per heavy atom. The van der Waals surface area contributed by atoms with E-state index in [4.69, 9.17) is 5.11 Å². The third kappa shape index (κ3) is 5.33. The van der Waals surface area contributed by atoms with E-state index in [0.717, 1.165) is 42.5 Å². The fourth-order valence-corrected chi connectivity index (χ4v) is 3.29. The number of rotatable bonds is 6. The number of aliphatic hydroxyl groups excluding tert-OH is 2. The Morgan fingerprint density at radius 2 is 1.90 bits per heavy atom. The fraction of sp³-hybridized carbons (Fsp3) is 0.364. The lowest BCUT2D eigenvalue weighted by atomic mass is 10.0. The quantitative estimate of drug-likeness (QED) is 0.499. The first kappa shape index (κ1) is 20.8. The first-order chi connectivity index (χ1) is 14.0. The lowest BCUT2D eigenvalue weighted by Gasteiger charge is -2.34. The Bertz CT molecular complexity index is 943. The van der Waals surface area contributed by atoms with E-state index in [2.05, 4.69) is 40.4 Å². The van der Waals surface area contributed by atoms with E-state index in [1.165, 1.54) is 11.8 Å². The largest absolute Gasteiger partial charge is 0.394 e. The molecule has 1 saturated heterocycles. The molecule has 7 nitrogen and oxygen atoms in total. The molecule has 0 aromatic heterocycles. The number of amides is 1. The second kappa shape index (κ2) is 9.52. The third-order valence-electron chi connectivity index (χ3n) is 5.10. The SMILES string of the molecule is CN1CCN(c2ccc3cc(C=C(C#N)C(=O)NCC(O)CO)ccc3c2)CC1. The zero-order chi connectivity index (χ0) is 20.8. The molecule has 1 aliphatic rings. The first-order valence-corrected chi connectivity index (χ1v) is 9.66. The maximum absolute atomic E-state index is 12.1. The maximum Gasteiger partial charge on any atom is 0.262 e. The van der Waals surface area contributed by atoms with Crippen LogP contribution in [-0.4, -0.2) is 73.5 Å². The second-order valence-electron chi connectivity index (χ2n) is 7.30. The number of carbonyl (C=O) groups excluding carboxylic acids is 1. The minimum Gasteiger partial charge on any atom is -0.394 e. The van der Waals surface area contributed by atoms with Gasteiger partial charge in [-0.25, -0.2) is 0 Å². The summed E-state index contributed by atoms with van der Waals surface area (Å²) in [7, 11) is 2.14. The Labute approximate surface area is 170 Å². The zero-order valence-corrected chi connectivity index (χ0v) is 16.5. The van der Waals surface area contributed by atoms with Crippen molar-refractivity contribution >= 4 is 28.4 Å². The van der Waals surface area contributed by atoms with Gasteiger partial charge in [0.1, 0.15) is 11.6 Å². The van der Waals surface area contributed by atoms with Gasteiger partial charge in [-0.2, -0.15) is 5.26 Å². The van der Waals surface area contributed by atoms with Gasteiger partial charge in [0.2, 0.25) is 0 Å². The number of anilines is 1. The molecule has 3 rings (SSSR count). The second-order valence-corrected chi connectivity index (χ2v) is 7.30. The standard InChI is InChI=1S/C22H26N4O3/c1-25-6-8-26(9-7-25)20-5-4-17-10-16(2-3-18(17)12-20)11-19(13-23)22(29)24-14-21(28)15-27/h2-5,10-12,21,27-28H,6-9,14-15H2,1H3,(H,24,29). The molecule has 2 aromatic rings. The number of benzene rings is 2. The fourth-order valence-electron chi connectivity index (χ4n) is 3.29. The molecule has 0 bridgehead atoms. The van der Waals surface area contributed by atoms with Crippen molar-refractivity contribution in [3.05, 3.63) is 47.5 Å². The first-order valence-electron chi connectivity index (χ1n) is 9.66. The highest BCUT2D eigenvalue weighted by molar-refractivity contribution is 6.02. The summed E-state index contributed by atoms with van der Waals surface area (Å²) in [5.74, 6) is -0.578. The third-order valence-corrected chi connectivity index (χ3v) is 5.10. The van der Waals surface area contributed by atoms with Crippen molar-refractivity contribution in [3.8, 4) is 6.07 Å². The number of carbonyl (C=O) groups is 1. The van der Waals surface area contributed by atoms with Gasteiger partial charge < -0.3 is 25.3 Å². The molecule has 29 heavy (non-hydrogen) atoms. The lowest BCUT2D eigenvalue weighted by molar-refractivity contribution is -0.117. The molecule has 3 N–H and O–H groups in total. The molecule has 0 saturated carbocycles. The molecule has 0 aliphatic carbocycles. The van der Waals surface area contributed by atoms with Crippen LogP contribution in [-0.2, 0) is 4.79 Å². The summed E-state index contributed by atoms with van der Waals surface area (Å²) in [5.41, 5.74) is 1.90. The molecule has 1 aliphatic heterocycles. The van der Waals surface area contributed by atoms with Crippen LogP contribution in [0.2, 0.25) is 0 Å². The van der Waals surface area contributed by atoms with Crippen molar-refractivity contribution in [1.82, 2.24) is 10.2 Å². The molecular weight excluding hydrogens is 368 g/mol. The van der Waals surface area contributed by atoms with Crippen molar-refractivity contribution in [2.45, 2.75) is 6.10 Å². The van der Waals surface area contributed by atoms with Crippen molar-refractivity contribution < 1.29 is 15.0 Å². The highest BCUT2D eigenvalue weighted by Crippen LogP contribution is 2.25. The van der Waals surface area contributed by atoms with Crippen LogP contribution in [0.3, 0.4) is 0 Å². The van der Waals surface area contributed by atoms with E-state index in [1.807, 2.05) is 24.3 Å². The number of nitrogens with one attached hydrogen (secondary N) is 1. The summed E-state index contributed by atoms with van der Waals surface area (Å²) >= 11 is 0. The molecule has 1 heterocycles. The number of hydrogen-bond acceptors (Lipinski definition) is 6. The van der Waals surface area contributed by atoms with Gasteiger partial charge in [-0.1, -0.05) is 18.2 Å². The number of likely N-dealkylation sites (N-methyl/N-ethyl adjacent to an activating group) is 1. The Balaban J connectivity index is 1.76. The molecule has 1 fully saturated rings. The number of nitriles is 1. The highest BCUT2D eigenvalue weighted by Gasteiger charge is 2.15. The van der Waals surface area contributed by atoms with E-state index in [1.54, 1.807) is 0 Å². The summed E-state index contributed by atoms with van der Waals surface area (Å²) in [6.45, 7) is 3.56. The van der Waals surface area contributed by atoms with Crippen LogP contribution in [0.15, 0.2) is 42.0 Å². The van der Waals surface area contributed by atoms with Gasteiger partial charge in [-0.3, -0.25) is 4.79 Å². The Hall–Kier alpha value is -2.92. The van der Waals surface area contributed by atoms with Gasteiger partial charge in [-0.15, -0.1) is 0 Å². The molecule has 0 spiro atoms. The molecule has 1 unspecified atom stereocenters. The normalized spacial score (nSPS) is 16.5. The number of nitrogens with zero attached hydrogens (tertiary/aromatic N) is 3. The average Bonchev–Trinajstić information content (AvgIpc) is 2.75. The van der Waals surface area contributed by atoms with Crippen LogP contribution in [0.25, 0.3) is 16.8 Å². The minimum atomic E-state index is -1.05. The highest BCUT2D eigenvalue weighted by atomic mass is 16.3. The summed E-state index contributed by atoms with van der Waals surface area (Å²) in [4.78, 5) is 16.8. The molecule has 152 valence electrons. The summed E-state index contributed by atoms with van der Waals surface area (Å²) < 4.78 is 0. The van der Waals surface area contributed by atoms with Crippen molar-refractivity contribution in [3.63, 3.8) is 0 Å². The van der Waals surface area contributed by atoms with E-state index in [9.17, 15) is 15.2 Å². The zero-order valence-electron chi connectivity index (χ0n) is 16.5. The summed E-state index contributed by atoms with van der Waals surface area (Å²) in [6, 6.07) is 14.0. The van der Waals surface area contributed by atoms with Crippen LogP contribution in [0, 0.1) is 11.3 Å². The molecule has 1 atom stereocenters. The summed E-state index contributed by atoms with van der Waals surface area (Å²) in [5, 5.41) is 32.0. The summed E-state index contributed by atoms with van der Waals surface area (Å²) in [6.07, 6.45) is 0.475. The number of aliphatic hydroxyl groups is 2. The smallest absolute Gasteiger partial charge is 0.262 e. The van der Waals surface area contributed by atoms with Crippen LogP contribution < -0.4 is 10.2 Å². The Kier molecular flexibility index (Phi) is 6.83. The van der Waals surface area contributed by atoms with Gasteiger partial charge in [0.25, 0.3) is 5.91 Å². The van der Waals surface area contributed by atoms with Crippen molar-refractivity contribution in [1.29, 1.82) is 5.26 Å². The van der Waals surface area contributed by atoms with Crippen LogP contribution in [0.1, 0.15) is 5.56 Å². The van der Waals surface area contributed by atoms with Crippen LogP contribution in [0.4, 0.5) is 5.69 Å². The van der Waals surface area contributed by atoms with Gasteiger partial charge >= 0.3 is 0 Å². The van der Waals surface area contributed by atoms with E-state index in [-0.39, 0.29) is 12.1 Å². The number of fused-ring (bicyclic) bond motifs is 1. The molecule has 7 heteroatoms. The van der Waals surface area contributed by atoms with Gasteiger partial charge in [0, 0.05) is 38.4 Å². The molecule has 0 radical (unpaired) electrons. The minimum absolute atomic E-state index is 0.0523. The van der Waals surface area contributed by atoms with E-state index < -0.39 is 18.6 Å². The lowest BCUT2D eigenvalue weighted by Crippen LogP contribution is -2.44. The predicted octanol–water partition coefficient (Wildman–Crippen LogP) is 0.968. The molecular formula is C22H26N4O3. The van der Waals surface area contributed by atoms with Gasteiger partial charge in [0.15, 0.2) is 0 Å². The van der Waals surface area contributed by atoms with E-state index in [0.29, 0.717) is 0 Å². The average molecular weight is 394 g/mol. The van der Waals surface area contributed by atoms with Crippen LogP contribution >= 0.6 is 0 Å². The van der Waals surface area contributed by atoms with Crippen molar-refractivity contribution in [2.75, 3.05) is 51.3 Å². The van der Waals surface area contributed by atoms with Crippen LogP contribution in [0.5, 0.6) is 0 Å². The topological polar surface area (TPSA) is 99.8 Å².